The number of benzene rings is 1. The molecule has 146 valence electrons. The van der Waals surface area contributed by atoms with Crippen LogP contribution in [0.1, 0.15) is 58.9 Å². The minimum absolute atomic E-state index is 0.0967. The topological polar surface area (TPSA) is 83.7 Å². The molecule has 0 saturated carbocycles. The molecule has 1 unspecified atom stereocenters. The zero-order chi connectivity index (χ0) is 20.0. The Morgan fingerprint density at radius 1 is 1.23 bits per heavy atom. The molecule has 0 spiro atoms. The van der Waals surface area contributed by atoms with Crippen molar-refractivity contribution in [2.24, 2.45) is 11.8 Å². The van der Waals surface area contributed by atoms with Crippen molar-refractivity contribution >= 4 is 17.3 Å². The highest BCUT2D eigenvalue weighted by molar-refractivity contribution is 5.69. The molecule has 0 amide bonds. The Kier molecular flexibility index (Phi) is 7.99. The van der Waals surface area contributed by atoms with Crippen LogP contribution in [0.2, 0.25) is 0 Å². The third kappa shape index (κ3) is 5.97. The molecule has 0 fully saturated rings. The summed E-state index contributed by atoms with van der Waals surface area (Å²) in [4.78, 5) is 24.0. The normalized spacial score (nSPS) is 12.5. The molecule has 0 saturated heterocycles. The molecule has 1 atom stereocenters. The number of nitro benzene ring substituents is 1. The molecule has 1 N–H and O–H groups in total. The van der Waals surface area contributed by atoms with Crippen molar-refractivity contribution < 1.29 is 19.2 Å². The van der Waals surface area contributed by atoms with E-state index in [1.807, 2.05) is 32.6 Å². The number of rotatable bonds is 10. The molecule has 0 aliphatic heterocycles. The molecule has 0 radical (unpaired) electrons. The number of aliphatic carboxylic acids is 1. The summed E-state index contributed by atoms with van der Waals surface area (Å²) in [7, 11) is 0. The fourth-order valence-electron chi connectivity index (χ4n) is 3.12. The molecule has 1 rings (SSSR count). The third-order valence-corrected chi connectivity index (χ3v) is 4.16. The van der Waals surface area contributed by atoms with Gasteiger partial charge in [-0.05, 0) is 29.7 Å². The lowest BCUT2D eigenvalue weighted by Crippen LogP contribution is -2.32. The number of halogens is 1. The minimum atomic E-state index is -1.05. The lowest BCUT2D eigenvalue weighted by atomic mass is 9.91. The number of anilines is 1. The number of carboxylic acid groups (broad SMARTS) is 1. The molecular formula is C19H29FN2O4. The molecule has 7 heteroatoms. The van der Waals surface area contributed by atoms with Gasteiger partial charge in [0.05, 0.1) is 11.3 Å². The summed E-state index contributed by atoms with van der Waals surface area (Å²) in [6.45, 7) is 10.9. The van der Waals surface area contributed by atoms with Gasteiger partial charge in [-0.1, -0.05) is 34.6 Å². The van der Waals surface area contributed by atoms with Gasteiger partial charge in [-0.25, -0.2) is 4.39 Å². The van der Waals surface area contributed by atoms with Crippen molar-refractivity contribution in [3.63, 3.8) is 0 Å². The first-order chi connectivity index (χ1) is 12.1. The summed E-state index contributed by atoms with van der Waals surface area (Å²) in [6, 6.07) is 2.41. The van der Waals surface area contributed by atoms with E-state index >= 15 is 0 Å². The van der Waals surface area contributed by atoms with Crippen molar-refractivity contribution in [3.05, 3.63) is 33.6 Å². The van der Waals surface area contributed by atoms with Gasteiger partial charge in [-0.2, -0.15) is 0 Å². The van der Waals surface area contributed by atoms with Crippen LogP contribution in [0.25, 0.3) is 0 Å². The molecule has 1 aromatic carbocycles. The van der Waals surface area contributed by atoms with Gasteiger partial charge in [-0.3, -0.25) is 14.9 Å². The number of nitrogens with zero attached hydrogens (tertiary/aromatic N) is 2. The number of carbonyl (C=O) groups is 1. The van der Waals surface area contributed by atoms with Crippen LogP contribution in [0.5, 0.6) is 0 Å². The standard InChI is InChI=1S/C19H29FN2O4/c1-6-14(7-19(23)24)15-8-18(22(25)26)17(9-16(15)20)21(10-12(2)3)11-13(4)5/h8-9,12-14H,6-7,10-11H2,1-5H3,(H,23,24). The third-order valence-electron chi connectivity index (χ3n) is 4.16. The van der Waals surface area contributed by atoms with Gasteiger partial charge >= 0.3 is 5.97 Å². The second-order valence-corrected chi connectivity index (χ2v) is 7.52. The van der Waals surface area contributed by atoms with Crippen LogP contribution in [0.4, 0.5) is 15.8 Å². The van der Waals surface area contributed by atoms with E-state index in [4.69, 9.17) is 5.11 Å². The van der Waals surface area contributed by atoms with E-state index in [1.165, 1.54) is 12.1 Å². The maximum absolute atomic E-state index is 14.8. The predicted molar refractivity (Wildman–Crippen MR) is 100 cm³/mol. The molecule has 6 nitrogen and oxygen atoms in total. The largest absolute Gasteiger partial charge is 0.481 e. The number of hydrogen-bond acceptors (Lipinski definition) is 4. The monoisotopic (exact) mass is 368 g/mol. The van der Waals surface area contributed by atoms with Crippen molar-refractivity contribution in [2.45, 2.75) is 53.4 Å². The predicted octanol–water partition coefficient (Wildman–Crippen LogP) is 4.82. The molecule has 0 aromatic heterocycles. The fourth-order valence-corrected chi connectivity index (χ4v) is 3.12. The van der Waals surface area contributed by atoms with Gasteiger partial charge < -0.3 is 10.0 Å². The van der Waals surface area contributed by atoms with Crippen LogP contribution in [0, 0.1) is 27.8 Å². The van der Waals surface area contributed by atoms with E-state index in [1.54, 1.807) is 6.92 Å². The molecule has 0 aliphatic rings. The minimum Gasteiger partial charge on any atom is -0.481 e. The van der Waals surface area contributed by atoms with Gasteiger partial charge in [-0.15, -0.1) is 0 Å². The van der Waals surface area contributed by atoms with E-state index in [9.17, 15) is 19.3 Å². The molecule has 0 bridgehead atoms. The van der Waals surface area contributed by atoms with Crippen molar-refractivity contribution in [3.8, 4) is 0 Å². The Balaban J connectivity index is 3.46. The van der Waals surface area contributed by atoms with E-state index in [-0.39, 0.29) is 35.2 Å². The first kappa shape index (κ1) is 21.9. The van der Waals surface area contributed by atoms with Crippen LogP contribution in [0.15, 0.2) is 12.1 Å². The van der Waals surface area contributed by atoms with Gasteiger partial charge in [0.25, 0.3) is 5.69 Å². The van der Waals surface area contributed by atoms with E-state index < -0.39 is 22.6 Å². The maximum Gasteiger partial charge on any atom is 0.303 e. The van der Waals surface area contributed by atoms with Crippen molar-refractivity contribution in [1.82, 2.24) is 0 Å². The average Bonchev–Trinajstić information content (AvgIpc) is 2.50. The Morgan fingerprint density at radius 3 is 2.15 bits per heavy atom. The average molecular weight is 368 g/mol. The van der Waals surface area contributed by atoms with E-state index in [2.05, 4.69) is 0 Å². The molecule has 0 heterocycles. The van der Waals surface area contributed by atoms with Gasteiger partial charge in [0, 0.05) is 25.2 Å². The zero-order valence-corrected chi connectivity index (χ0v) is 16.2. The summed E-state index contributed by atoms with van der Waals surface area (Å²) in [5.41, 5.74) is 0.176. The molecular weight excluding hydrogens is 339 g/mol. The van der Waals surface area contributed by atoms with Crippen LogP contribution in [0.3, 0.4) is 0 Å². The highest BCUT2D eigenvalue weighted by Crippen LogP contribution is 2.36. The SMILES string of the molecule is CCC(CC(=O)O)c1cc([N+](=O)[O-])c(N(CC(C)C)CC(C)C)cc1F. The van der Waals surface area contributed by atoms with Crippen LogP contribution in [-0.4, -0.2) is 29.1 Å². The smallest absolute Gasteiger partial charge is 0.303 e. The van der Waals surface area contributed by atoms with Gasteiger partial charge in [0.2, 0.25) is 0 Å². The summed E-state index contributed by atoms with van der Waals surface area (Å²) >= 11 is 0. The number of carboxylic acids is 1. The zero-order valence-electron chi connectivity index (χ0n) is 16.2. The number of hydrogen-bond donors (Lipinski definition) is 1. The quantitative estimate of drug-likeness (QED) is 0.473. The Hall–Kier alpha value is -2.18. The van der Waals surface area contributed by atoms with E-state index in [0.717, 1.165) is 0 Å². The van der Waals surface area contributed by atoms with E-state index in [0.29, 0.717) is 19.5 Å². The van der Waals surface area contributed by atoms with Crippen LogP contribution < -0.4 is 4.90 Å². The molecule has 1 aromatic rings. The first-order valence-electron chi connectivity index (χ1n) is 9.01. The maximum atomic E-state index is 14.8. The van der Waals surface area contributed by atoms with Gasteiger partial charge in [0.15, 0.2) is 0 Å². The highest BCUT2D eigenvalue weighted by atomic mass is 19.1. The summed E-state index contributed by atoms with van der Waals surface area (Å²) < 4.78 is 14.8. The Bertz CT molecular complexity index is 637. The Morgan fingerprint density at radius 2 is 1.77 bits per heavy atom. The highest BCUT2D eigenvalue weighted by Gasteiger charge is 2.27. The second kappa shape index (κ2) is 9.50. The number of nitro groups is 1. The summed E-state index contributed by atoms with van der Waals surface area (Å²) in [5.74, 6) is -1.72. The van der Waals surface area contributed by atoms with Gasteiger partial charge in [0.1, 0.15) is 11.5 Å². The second-order valence-electron chi connectivity index (χ2n) is 7.52. The summed E-state index contributed by atoms with van der Waals surface area (Å²) in [5, 5.41) is 20.7. The summed E-state index contributed by atoms with van der Waals surface area (Å²) in [6.07, 6.45) is 0.132. The fraction of sp³-hybridized carbons (Fsp3) is 0.632. The molecule has 0 aliphatic carbocycles. The Labute approximate surface area is 154 Å². The lowest BCUT2D eigenvalue weighted by molar-refractivity contribution is -0.384. The van der Waals surface area contributed by atoms with Crippen molar-refractivity contribution in [1.29, 1.82) is 0 Å². The van der Waals surface area contributed by atoms with Crippen LogP contribution >= 0.6 is 0 Å². The first-order valence-corrected chi connectivity index (χ1v) is 9.01. The lowest BCUT2D eigenvalue weighted by Gasteiger charge is -2.29. The molecule has 26 heavy (non-hydrogen) atoms. The van der Waals surface area contributed by atoms with Crippen molar-refractivity contribution in [2.75, 3.05) is 18.0 Å². The van der Waals surface area contributed by atoms with Crippen LogP contribution in [-0.2, 0) is 4.79 Å².